The molecule has 0 aliphatic rings. The van der Waals surface area contributed by atoms with E-state index >= 15 is 0 Å². The number of aliphatic hydroxyl groups is 1. The van der Waals surface area contributed by atoms with Crippen LogP contribution in [0, 0.1) is 0 Å². The standard InChI is InChI=1S/C14H15N3O2/c15-11-3-1-2-4-12(11)16-17-13-9-10(7-8-18)5-6-14(13)19/h1-6,9,18-19H,7-8,15H2. The third-order valence-corrected chi connectivity index (χ3v) is 2.64. The van der Waals surface area contributed by atoms with Crippen LogP contribution in [0.4, 0.5) is 17.1 Å². The minimum Gasteiger partial charge on any atom is -0.506 e. The maximum absolute atomic E-state index is 9.70. The number of rotatable bonds is 4. The maximum Gasteiger partial charge on any atom is 0.143 e. The fraction of sp³-hybridized carbons (Fsp3) is 0.143. The number of benzene rings is 2. The number of phenolic OH excluding ortho intramolecular Hbond substituents is 1. The van der Waals surface area contributed by atoms with Crippen molar-refractivity contribution in [3.63, 3.8) is 0 Å². The number of nitrogens with two attached hydrogens (primary N) is 1. The van der Waals surface area contributed by atoms with E-state index in [1.54, 1.807) is 24.3 Å². The first kappa shape index (κ1) is 13.0. The van der Waals surface area contributed by atoms with Gasteiger partial charge in [-0.3, -0.25) is 0 Å². The molecule has 5 heteroatoms. The van der Waals surface area contributed by atoms with Gasteiger partial charge in [0.05, 0.1) is 5.69 Å². The summed E-state index contributed by atoms with van der Waals surface area (Å²) in [4.78, 5) is 0. The molecule has 0 aliphatic heterocycles. The Hall–Kier alpha value is -2.40. The number of aliphatic hydroxyl groups excluding tert-OH is 1. The zero-order valence-corrected chi connectivity index (χ0v) is 10.3. The molecule has 0 atom stereocenters. The normalized spacial score (nSPS) is 11.0. The lowest BCUT2D eigenvalue weighted by atomic mass is 10.1. The van der Waals surface area contributed by atoms with E-state index in [4.69, 9.17) is 10.8 Å². The van der Waals surface area contributed by atoms with Crippen molar-refractivity contribution in [1.82, 2.24) is 0 Å². The van der Waals surface area contributed by atoms with Gasteiger partial charge in [-0.25, -0.2) is 0 Å². The highest BCUT2D eigenvalue weighted by Gasteiger charge is 2.02. The van der Waals surface area contributed by atoms with Gasteiger partial charge in [-0.2, -0.15) is 0 Å². The number of nitrogens with zero attached hydrogens (tertiary/aromatic N) is 2. The van der Waals surface area contributed by atoms with Crippen molar-refractivity contribution in [2.75, 3.05) is 12.3 Å². The molecule has 5 nitrogen and oxygen atoms in total. The van der Waals surface area contributed by atoms with E-state index in [1.165, 1.54) is 6.07 Å². The molecule has 0 aromatic heterocycles. The highest BCUT2D eigenvalue weighted by atomic mass is 16.3. The third kappa shape index (κ3) is 3.29. The summed E-state index contributed by atoms with van der Waals surface area (Å²) in [5, 5.41) is 26.6. The van der Waals surface area contributed by atoms with Crippen molar-refractivity contribution in [3.05, 3.63) is 48.0 Å². The molecule has 0 spiro atoms. The Kier molecular flexibility index (Phi) is 4.10. The maximum atomic E-state index is 9.70. The van der Waals surface area contributed by atoms with E-state index in [-0.39, 0.29) is 12.4 Å². The molecule has 19 heavy (non-hydrogen) atoms. The van der Waals surface area contributed by atoms with Crippen LogP contribution in [0.25, 0.3) is 0 Å². The second kappa shape index (κ2) is 5.97. The average Bonchev–Trinajstić information content (AvgIpc) is 2.41. The Balaban J connectivity index is 2.27. The molecule has 2 aromatic rings. The molecule has 0 amide bonds. The third-order valence-electron chi connectivity index (χ3n) is 2.64. The summed E-state index contributed by atoms with van der Waals surface area (Å²) in [6.07, 6.45) is 0.510. The predicted molar refractivity (Wildman–Crippen MR) is 73.9 cm³/mol. The molecule has 2 aromatic carbocycles. The second-order valence-corrected chi connectivity index (χ2v) is 4.06. The molecule has 0 unspecified atom stereocenters. The number of para-hydroxylation sites is 1. The van der Waals surface area contributed by atoms with Crippen molar-refractivity contribution in [1.29, 1.82) is 0 Å². The van der Waals surface area contributed by atoms with Crippen LogP contribution in [0.1, 0.15) is 5.56 Å². The molecule has 0 aliphatic carbocycles. The highest BCUT2D eigenvalue weighted by molar-refractivity contribution is 5.62. The lowest BCUT2D eigenvalue weighted by Crippen LogP contribution is -1.89. The lowest BCUT2D eigenvalue weighted by Gasteiger charge is -2.02. The summed E-state index contributed by atoms with van der Waals surface area (Å²) in [5.74, 6) is 0.0416. The average molecular weight is 257 g/mol. The van der Waals surface area contributed by atoms with E-state index in [2.05, 4.69) is 10.2 Å². The number of aromatic hydroxyl groups is 1. The topological polar surface area (TPSA) is 91.2 Å². The van der Waals surface area contributed by atoms with Crippen molar-refractivity contribution < 1.29 is 10.2 Å². The van der Waals surface area contributed by atoms with Crippen LogP contribution in [-0.4, -0.2) is 16.8 Å². The van der Waals surface area contributed by atoms with E-state index in [9.17, 15) is 5.11 Å². The molecule has 0 saturated carbocycles. The monoisotopic (exact) mass is 257 g/mol. The van der Waals surface area contributed by atoms with Crippen molar-refractivity contribution >= 4 is 17.1 Å². The molecular formula is C14H15N3O2. The quantitative estimate of drug-likeness (QED) is 0.581. The zero-order valence-electron chi connectivity index (χ0n) is 10.3. The highest BCUT2D eigenvalue weighted by Crippen LogP contribution is 2.30. The molecule has 0 saturated heterocycles. The minimum atomic E-state index is 0.0416. The van der Waals surface area contributed by atoms with Gasteiger partial charge in [-0.05, 0) is 36.2 Å². The van der Waals surface area contributed by atoms with E-state index in [1.807, 2.05) is 12.1 Å². The van der Waals surface area contributed by atoms with Gasteiger partial charge in [0, 0.05) is 6.61 Å². The van der Waals surface area contributed by atoms with Crippen molar-refractivity contribution in [2.45, 2.75) is 6.42 Å². The number of hydrogen-bond donors (Lipinski definition) is 3. The SMILES string of the molecule is Nc1ccccc1N=Nc1cc(CCO)ccc1O. The lowest BCUT2D eigenvalue weighted by molar-refractivity contribution is 0.299. The van der Waals surface area contributed by atoms with Crippen molar-refractivity contribution in [3.8, 4) is 5.75 Å². The molecule has 0 fully saturated rings. The first-order valence-electron chi connectivity index (χ1n) is 5.89. The van der Waals surface area contributed by atoms with Gasteiger partial charge in [0.25, 0.3) is 0 Å². The van der Waals surface area contributed by atoms with Gasteiger partial charge >= 0.3 is 0 Å². The minimum absolute atomic E-state index is 0.0416. The first-order chi connectivity index (χ1) is 9.20. The van der Waals surface area contributed by atoms with Crippen LogP contribution in [0.3, 0.4) is 0 Å². The Morgan fingerprint density at radius 2 is 1.74 bits per heavy atom. The van der Waals surface area contributed by atoms with Crippen molar-refractivity contribution in [2.24, 2.45) is 10.2 Å². The number of anilines is 1. The first-order valence-corrected chi connectivity index (χ1v) is 5.89. The Labute approximate surface area is 111 Å². The van der Waals surface area contributed by atoms with Crippen LogP contribution in [-0.2, 0) is 6.42 Å². The van der Waals surface area contributed by atoms with Gasteiger partial charge in [0.2, 0.25) is 0 Å². The summed E-state index contributed by atoms with van der Waals surface area (Å²) in [7, 11) is 0. The molecule has 2 rings (SSSR count). The number of hydrogen-bond acceptors (Lipinski definition) is 5. The second-order valence-electron chi connectivity index (χ2n) is 4.06. The smallest absolute Gasteiger partial charge is 0.143 e. The fourth-order valence-corrected chi connectivity index (χ4v) is 1.62. The summed E-state index contributed by atoms with van der Waals surface area (Å²) >= 11 is 0. The Morgan fingerprint density at radius 3 is 2.47 bits per heavy atom. The number of nitrogen functional groups attached to an aromatic ring is 1. The van der Waals surface area contributed by atoms with E-state index in [0.717, 1.165) is 5.56 Å². The molecule has 0 heterocycles. The van der Waals surface area contributed by atoms with Crippen LogP contribution in [0.2, 0.25) is 0 Å². The van der Waals surface area contributed by atoms with Crippen LogP contribution < -0.4 is 5.73 Å². The largest absolute Gasteiger partial charge is 0.506 e. The van der Waals surface area contributed by atoms with E-state index in [0.29, 0.717) is 23.5 Å². The van der Waals surface area contributed by atoms with Gasteiger partial charge in [0.15, 0.2) is 0 Å². The predicted octanol–water partition coefficient (Wildman–Crippen LogP) is 2.92. The van der Waals surface area contributed by atoms with Crippen LogP contribution in [0.5, 0.6) is 5.75 Å². The zero-order chi connectivity index (χ0) is 13.7. The summed E-state index contributed by atoms with van der Waals surface area (Å²) in [6.45, 7) is 0.0486. The molecule has 0 bridgehead atoms. The fourth-order valence-electron chi connectivity index (χ4n) is 1.62. The molecular weight excluding hydrogens is 242 g/mol. The molecule has 0 radical (unpaired) electrons. The van der Waals surface area contributed by atoms with Gasteiger partial charge in [-0.1, -0.05) is 18.2 Å². The van der Waals surface area contributed by atoms with Gasteiger partial charge in [0.1, 0.15) is 17.1 Å². The van der Waals surface area contributed by atoms with Gasteiger partial charge in [-0.15, -0.1) is 10.2 Å². The van der Waals surface area contributed by atoms with Crippen LogP contribution >= 0.6 is 0 Å². The van der Waals surface area contributed by atoms with E-state index < -0.39 is 0 Å². The number of azo groups is 1. The summed E-state index contributed by atoms with van der Waals surface area (Å²) in [6, 6.07) is 12.1. The summed E-state index contributed by atoms with van der Waals surface area (Å²) < 4.78 is 0. The Morgan fingerprint density at radius 1 is 1.00 bits per heavy atom. The molecule has 98 valence electrons. The Bertz CT molecular complexity index is 597. The molecule has 4 N–H and O–H groups in total. The van der Waals surface area contributed by atoms with Crippen LogP contribution in [0.15, 0.2) is 52.7 Å². The summed E-state index contributed by atoms with van der Waals surface area (Å²) in [5.41, 5.74) is 8.07. The van der Waals surface area contributed by atoms with Gasteiger partial charge < -0.3 is 15.9 Å². The number of phenols is 1.